The molecule has 0 bridgehead atoms. The highest BCUT2D eigenvalue weighted by Gasteiger charge is 2.33. The second-order valence-electron chi connectivity index (χ2n) is 5.45. The predicted molar refractivity (Wildman–Crippen MR) is 98.4 cm³/mol. The number of ether oxygens (including phenoxy) is 1. The molecular formula is C19H10Cl2F3NO2. The van der Waals surface area contributed by atoms with Crippen molar-refractivity contribution in [2.75, 3.05) is 0 Å². The fourth-order valence-electron chi connectivity index (χ4n) is 2.32. The molecule has 0 saturated heterocycles. The summed E-state index contributed by atoms with van der Waals surface area (Å²) >= 11 is 11.9. The van der Waals surface area contributed by atoms with Crippen molar-refractivity contribution in [3.05, 3.63) is 81.0 Å². The topological polar surface area (TPSA) is 38.7 Å². The number of carbonyl (C=O) groups excluding carboxylic acids is 1. The van der Waals surface area contributed by atoms with Crippen molar-refractivity contribution >= 4 is 47.2 Å². The van der Waals surface area contributed by atoms with Crippen molar-refractivity contribution in [3.63, 3.8) is 0 Å². The second-order valence-corrected chi connectivity index (χ2v) is 6.30. The van der Waals surface area contributed by atoms with Gasteiger partial charge in [0.2, 0.25) is 5.90 Å². The van der Waals surface area contributed by atoms with Crippen molar-refractivity contribution < 1.29 is 22.7 Å². The average Bonchev–Trinajstić information content (AvgIpc) is 2.93. The molecule has 0 saturated carbocycles. The summed E-state index contributed by atoms with van der Waals surface area (Å²) in [6.45, 7) is 0. The van der Waals surface area contributed by atoms with E-state index in [9.17, 15) is 18.0 Å². The maximum absolute atomic E-state index is 13.1. The predicted octanol–water partition coefficient (Wildman–Crippen LogP) is 6.02. The lowest BCUT2D eigenvalue weighted by molar-refractivity contribution is -0.137. The van der Waals surface area contributed by atoms with Gasteiger partial charge in [-0.1, -0.05) is 47.5 Å². The van der Waals surface area contributed by atoms with Crippen LogP contribution < -0.4 is 0 Å². The van der Waals surface area contributed by atoms with Crippen LogP contribution in [0.15, 0.2) is 59.2 Å². The summed E-state index contributed by atoms with van der Waals surface area (Å²) in [5.74, 6) is -0.893. The molecule has 1 heterocycles. The number of carbonyl (C=O) groups is 1. The number of benzene rings is 2. The Hall–Kier alpha value is -2.57. The average molecular weight is 412 g/mol. The molecule has 1 aliphatic heterocycles. The number of aliphatic imine (C=N–C) groups is 1. The molecular weight excluding hydrogens is 402 g/mol. The number of rotatable bonds is 3. The first-order chi connectivity index (χ1) is 12.7. The van der Waals surface area contributed by atoms with E-state index in [1.807, 2.05) is 0 Å². The summed E-state index contributed by atoms with van der Waals surface area (Å²) in [5, 5.41) is 0.855. The lowest BCUT2D eigenvalue weighted by atomic mass is 10.1. The SMILES string of the molecule is O=C1OC(C=Cc2ccc(Cl)cc2Cl)=NC1=Cc1ccccc1C(F)(F)F. The van der Waals surface area contributed by atoms with Crippen molar-refractivity contribution in [1.82, 2.24) is 0 Å². The maximum atomic E-state index is 13.1. The number of cyclic esters (lactones) is 1. The third kappa shape index (κ3) is 4.59. The summed E-state index contributed by atoms with van der Waals surface area (Å²) in [5.41, 5.74) is -0.655. The number of hydrogen-bond acceptors (Lipinski definition) is 3. The van der Waals surface area contributed by atoms with Gasteiger partial charge in [0.25, 0.3) is 0 Å². The quantitative estimate of drug-likeness (QED) is 0.457. The van der Waals surface area contributed by atoms with Crippen molar-refractivity contribution in [2.45, 2.75) is 6.18 Å². The molecule has 8 heteroatoms. The van der Waals surface area contributed by atoms with Gasteiger partial charge in [-0.25, -0.2) is 9.79 Å². The van der Waals surface area contributed by atoms with E-state index in [2.05, 4.69) is 4.99 Å². The highest BCUT2D eigenvalue weighted by atomic mass is 35.5. The van der Waals surface area contributed by atoms with Crippen LogP contribution in [-0.2, 0) is 15.7 Å². The van der Waals surface area contributed by atoms with Crippen LogP contribution in [0.2, 0.25) is 10.0 Å². The fraction of sp³-hybridized carbons (Fsp3) is 0.0526. The Kier molecular flexibility index (Phi) is 5.39. The summed E-state index contributed by atoms with van der Waals surface area (Å²) in [4.78, 5) is 15.8. The van der Waals surface area contributed by atoms with Gasteiger partial charge in [-0.05, 0) is 41.5 Å². The zero-order chi connectivity index (χ0) is 19.6. The van der Waals surface area contributed by atoms with E-state index in [0.29, 0.717) is 15.6 Å². The zero-order valence-corrected chi connectivity index (χ0v) is 14.9. The molecule has 0 N–H and O–H groups in total. The summed E-state index contributed by atoms with van der Waals surface area (Å²) in [6, 6.07) is 9.73. The minimum atomic E-state index is -4.55. The van der Waals surface area contributed by atoms with Gasteiger partial charge in [0, 0.05) is 16.1 Å². The van der Waals surface area contributed by atoms with Gasteiger partial charge < -0.3 is 4.74 Å². The van der Waals surface area contributed by atoms with Gasteiger partial charge in [0.1, 0.15) is 0 Å². The van der Waals surface area contributed by atoms with Crippen LogP contribution in [0.25, 0.3) is 12.2 Å². The van der Waals surface area contributed by atoms with Gasteiger partial charge in [-0.2, -0.15) is 13.2 Å². The molecule has 138 valence electrons. The summed E-state index contributed by atoms with van der Waals surface area (Å²) < 4.78 is 44.1. The van der Waals surface area contributed by atoms with Crippen LogP contribution in [0.1, 0.15) is 16.7 Å². The minimum absolute atomic E-state index is 0.0539. The molecule has 3 rings (SSSR count). The molecule has 0 atom stereocenters. The molecule has 2 aromatic rings. The molecule has 0 amide bonds. The molecule has 2 aromatic carbocycles. The van der Waals surface area contributed by atoms with E-state index in [0.717, 1.165) is 12.1 Å². The van der Waals surface area contributed by atoms with Crippen LogP contribution >= 0.6 is 23.2 Å². The van der Waals surface area contributed by atoms with Crippen LogP contribution in [0.3, 0.4) is 0 Å². The van der Waals surface area contributed by atoms with Gasteiger partial charge in [0.15, 0.2) is 5.70 Å². The van der Waals surface area contributed by atoms with Crippen LogP contribution in [0.4, 0.5) is 13.2 Å². The van der Waals surface area contributed by atoms with Gasteiger partial charge >= 0.3 is 12.1 Å². The smallest absolute Gasteiger partial charge is 0.403 e. The third-order valence-electron chi connectivity index (χ3n) is 3.56. The van der Waals surface area contributed by atoms with E-state index >= 15 is 0 Å². The molecule has 27 heavy (non-hydrogen) atoms. The Morgan fingerprint density at radius 3 is 2.44 bits per heavy atom. The number of alkyl halides is 3. The first-order valence-corrected chi connectivity index (χ1v) is 8.31. The Labute approximate surface area is 162 Å². The molecule has 0 aromatic heterocycles. The molecule has 0 radical (unpaired) electrons. The van der Waals surface area contributed by atoms with Crippen molar-refractivity contribution in [3.8, 4) is 0 Å². The molecule has 0 aliphatic carbocycles. The minimum Gasteiger partial charge on any atom is -0.403 e. The van der Waals surface area contributed by atoms with Crippen LogP contribution in [0.5, 0.6) is 0 Å². The van der Waals surface area contributed by atoms with Gasteiger partial charge in [-0.15, -0.1) is 0 Å². The summed E-state index contributed by atoms with van der Waals surface area (Å²) in [6.07, 6.45) is -0.559. The Morgan fingerprint density at radius 1 is 1.00 bits per heavy atom. The maximum Gasteiger partial charge on any atom is 0.416 e. The molecule has 3 nitrogen and oxygen atoms in total. The first kappa shape index (κ1) is 19.2. The Morgan fingerprint density at radius 2 is 1.74 bits per heavy atom. The van der Waals surface area contributed by atoms with Crippen LogP contribution in [0, 0.1) is 0 Å². The Balaban J connectivity index is 1.89. The normalized spacial score (nSPS) is 16.1. The number of esters is 1. The number of nitrogens with zero attached hydrogens (tertiary/aromatic N) is 1. The second kappa shape index (κ2) is 7.58. The largest absolute Gasteiger partial charge is 0.416 e. The molecule has 0 spiro atoms. The van der Waals surface area contributed by atoms with E-state index in [-0.39, 0.29) is 17.2 Å². The van der Waals surface area contributed by atoms with E-state index in [1.165, 1.54) is 24.3 Å². The fourth-order valence-corrected chi connectivity index (χ4v) is 2.79. The lowest BCUT2D eigenvalue weighted by Gasteiger charge is -2.09. The van der Waals surface area contributed by atoms with Crippen molar-refractivity contribution in [1.29, 1.82) is 0 Å². The first-order valence-electron chi connectivity index (χ1n) is 7.56. The zero-order valence-electron chi connectivity index (χ0n) is 13.4. The van der Waals surface area contributed by atoms with Crippen molar-refractivity contribution in [2.24, 2.45) is 4.99 Å². The van der Waals surface area contributed by atoms with E-state index < -0.39 is 17.7 Å². The van der Waals surface area contributed by atoms with Gasteiger partial charge in [-0.3, -0.25) is 0 Å². The standard InChI is InChI=1S/C19H10Cl2F3NO2/c20-13-7-5-11(15(21)10-13)6-8-17-25-16(18(26)27-17)9-12-3-1-2-4-14(12)19(22,23)24/h1-10H. The highest BCUT2D eigenvalue weighted by Crippen LogP contribution is 2.33. The summed E-state index contributed by atoms with van der Waals surface area (Å²) in [7, 11) is 0. The lowest BCUT2D eigenvalue weighted by Crippen LogP contribution is -2.07. The number of halogens is 5. The van der Waals surface area contributed by atoms with Crippen LogP contribution in [-0.4, -0.2) is 11.9 Å². The Bertz CT molecular complexity index is 995. The molecule has 0 unspecified atom stereocenters. The highest BCUT2D eigenvalue weighted by molar-refractivity contribution is 6.35. The number of hydrogen-bond donors (Lipinski definition) is 0. The van der Waals surface area contributed by atoms with E-state index in [1.54, 1.807) is 24.3 Å². The van der Waals surface area contributed by atoms with Gasteiger partial charge in [0.05, 0.1) is 5.56 Å². The molecule has 1 aliphatic rings. The third-order valence-corrected chi connectivity index (χ3v) is 4.13. The van der Waals surface area contributed by atoms with E-state index in [4.69, 9.17) is 27.9 Å². The monoisotopic (exact) mass is 411 g/mol. The molecule has 0 fully saturated rings.